The molecule has 156 valence electrons. The van der Waals surface area contributed by atoms with Crippen molar-refractivity contribution in [1.82, 2.24) is 4.90 Å². The summed E-state index contributed by atoms with van der Waals surface area (Å²) in [5.41, 5.74) is 0.514. The van der Waals surface area contributed by atoms with Crippen molar-refractivity contribution < 1.29 is 23.8 Å². The number of para-hydroxylation sites is 2. The molecular weight excluding hydrogens is 361 g/mol. The summed E-state index contributed by atoms with van der Waals surface area (Å²) in [7, 11) is 0. The summed E-state index contributed by atoms with van der Waals surface area (Å²) in [6.07, 6.45) is 0.695. The molecule has 28 heavy (non-hydrogen) atoms. The third-order valence-electron chi connectivity index (χ3n) is 4.23. The number of benzene rings is 1. The average Bonchev–Trinajstić information content (AvgIpc) is 2.64. The quantitative estimate of drug-likeness (QED) is 0.401. The van der Waals surface area contributed by atoms with E-state index in [9.17, 15) is 9.59 Å². The normalized spacial score (nSPS) is 14.6. The van der Waals surface area contributed by atoms with Gasteiger partial charge in [-0.1, -0.05) is 12.1 Å². The first-order chi connectivity index (χ1) is 13.3. The van der Waals surface area contributed by atoms with Crippen LogP contribution < -0.4 is 9.64 Å². The Hall–Kier alpha value is -2.44. The smallest absolute Gasteiger partial charge is 0.410 e. The predicted molar refractivity (Wildman–Crippen MR) is 108 cm³/mol. The number of carbonyl (C=O) groups is 2. The first-order valence-electron chi connectivity index (χ1n) is 9.90. The van der Waals surface area contributed by atoms with Crippen LogP contribution in [0.15, 0.2) is 24.3 Å². The number of anilines is 1. The highest BCUT2D eigenvalue weighted by molar-refractivity contribution is 5.69. The summed E-state index contributed by atoms with van der Waals surface area (Å²) < 4.78 is 16.3. The first-order valence-corrected chi connectivity index (χ1v) is 9.90. The molecule has 1 heterocycles. The predicted octanol–water partition coefficient (Wildman–Crippen LogP) is 3.47. The fraction of sp³-hybridized carbons (Fsp3) is 0.619. The van der Waals surface area contributed by atoms with Gasteiger partial charge in [0, 0.05) is 32.6 Å². The molecule has 1 saturated heterocycles. The minimum Gasteiger partial charge on any atom is -0.491 e. The zero-order chi connectivity index (χ0) is 20.6. The van der Waals surface area contributed by atoms with Gasteiger partial charge in [-0.3, -0.25) is 4.79 Å². The average molecular weight is 393 g/mol. The Morgan fingerprint density at radius 3 is 2.39 bits per heavy atom. The van der Waals surface area contributed by atoms with Crippen molar-refractivity contribution in [2.24, 2.45) is 0 Å². The number of rotatable bonds is 7. The van der Waals surface area contributed by atoms with Crippen molar-refractivity contribution >= 4 is 17.7 Å². The molecule has 1 aromatic rings. The van der Waals surface area contributed by atoms with Crippen LogP contribution in [0.25, 0.3) is 0 Å². The highest BCUT2D eigenvalue weighted by atomic mass is 16.7. The third kappa shape index (κ3) is 6.94. The second kappa shape index (κ2) is 10.2. The fourth-order valence-corrected chi connectivity index (χ4v) is 2.93. The van der Waals surface area contributed by atoms with E-state index in [1.165, 1.54) is 0 Å². The SMILES string of the molecule is CCOC(=O)CCCOc1ccccc1N1CCN([13C](=O)OC(C)(C)C)CC1. The molecule has 0 bridgehead atoms. The van der Waals surface area contributed by atoms with E-state index in [2.05, 4.69) is 4.90 Å². The first kappa shape index (κ1) is 21.9. The van der Waals surface area contributed by atoms with Crippen molar-refractivity contribution in [2.45, 2.75) is 46.1 Å². The van der Waals surface area contributed by atoms with Crippen LogP contribution in [0.5, 0.6) is 5.75 Å². The lowest BCUT2D eigenvalue weighted by Crippen LogP contribution is -2.50. The van der Waals surface area contributed by atoms with Crippen molar-refractivity contribution in [3.63, 3.8) is 0 Å². The van der Waals surface area contributed by atoms with Gasteiger partial charge in [0.15, 0.2) is 0 Å². The Morgan fingerprint density at radius 2 is 1.75 bits per heavy atom. The lowest BCUT2D eigenvalue weighted by Gasteiger charge is -2.37. The monoisotopic (exact) mass is 393 g/mol. The Kier molecular flexibility index (Phi) is 7.96. The summed E-state index contributed by atoms with van der Waals surface area (Å²) in [5.74, 6) is 0.592. The molecule has 2 rings (SSSR count). The molecular formula is C21H32N2O5. The highest BCUT2D eigenvalue weighted by Gasteiger charge is 2.26. The number of hydrogen-bond donors (Lipinski definition) is 0. The maximum Gasteiger partial charge on any atom is 0.410 e. The van der Waals surface area contributed by atoms with Crippen LogP contribution >= 0.6 is 0 Å². The summed E-state index contributed by atoms with van der Waals surface area (Å²) in [6, 6.07) is 7.85. The van der Waals surface area contributed by atoms with Crippen molar-refractivity contribution in [1.29, 1.82) is 0 Å². The van der Waals surface area contributed by atoms with Gasteiger partial charge in [-0.15, -0.1) is 0 Å². The van der Waals surface area contributed by atoms with Gasteiger partial charge in [0.1, 0.15) is 11.4 Å². The van der Waals surface area contributed by atoms with Crippen LogP contribution in [0.4, 0.5) is 10.5 Å². The number of hydrogen-bond acceptors (Lipinski definition) is 6. The second-order valence-electron chi connectivity index (χ2n) is 7.68. The largest absolute Gasteiger partial charge is 0.491 e. The lowest BCUT2D eigenvalue weighted by molar-refractivity contribution is -0.143. The summed E-state index contributed by atoms with van der Waals surface area (Å²) in [6.45, 7) is 10.9. The maximum absolute atomic E-state index is 12.2. The molecule has 1 aliphatic rings. The molecule has 1 amide bonds. The molecule has 0 aromatic heterocycles. The van der Waals surface area contributed by atoms with E-state index in [0.717, 1.165) is 11.4 Å². The van der Waals surface area contributed by atoms with Crippen molar-refractivity contribution in [3.8, 4) is 5.75 Å². The van der Waals surface area contributed by atoms with Gasteiger partial charge in [-0.25, -0.2) is 4.79 Å². The van der Waals surface area contributed by atoms with Crippen LogP contribution in [-0.4, -0.2) is 62.0 Å². The van der Waals surface area contributed by atoms with Gasteiger partial charge in [-0.2, -0.15) is 0 Å². The van der Waals surface area contributed by atoms with E-state index in [-0.39, 0.29) is 12.1 Å². The maximum atomic E-state index is 12.2. The molecule has 1 fully saturated rings. The Balaban J connectivity index is 1.86. The molecule has 1 aliphatic heterocycles. The third-order valence-corrected chi connectivity index (χ3v) is 4.23. The Morgan fingerprint density at radius 1 is 1.07 bits per heavy atom. The summed E-state index contributed by atoms with van der Waals surface area (Å²) >= 11 is 0. The molecule has 7 heteroatoms. The number of carbonyl (C=O) groups excluding carboxylic acids is 2. The Labute approximate surface area is 167 Å². The summed E-state index contributed by atoms with van der Waals surface area (Å²) in [4.78, 5) is 27.6. The molecule has 7 nitrogen and oxygen atoms in total. The van der Waals surface area contributed by atoms with Crippen LogP contribution in [0.1, 0.15) is 40.5 Å². The fourth-order valence-electron chi connectivity index (χ4n) is 2.93. The topological polar surface area (TPSA) is 68.3 Å². The van der Waals surface area contributed by atoms with Crippen molar-refractivity contribution in [2.75, 3.05) is 44.3 Å². The zero-order valence-corrected chi connectivity index (χ0v) is 17.4. The van der Waals surface area contributed by atoms with E-state index in [1.807, 2.05) is 45.0 Å². The lowest BCUT2D eigenvalue weighted by atomic mass is 10.2. The molecule has 1 aromatic carbocycles. The summed E-state index contributed by atoms with van der Waals surface area (Å²) in [5, 5.41) is 0. The minimum atomic E-state index is -0.488. The highest BCUT2D eigenvalue weighted by Crippen LogP contribution is 2.29. The van der Waals surface area contributed by atoms with Crippen LogP contribution in [-0.2, 0) is 14.3 Å². The van der Waals surface area contributed by atoms with E-state index in [0.29, 0.717) is 52.2 Å². The van der Waals surface area contributed by atoms with E-state index in [1.54, 1.807) is 11.8 Å². The molecule has 0 atom stereocenters. The molecule has 0 N–H and O–H groups in total. The van der Waals surface area contributed by atoms with Gasteiger partial charge in [0.05, 0.1) is 18.9 Å². The zero-order valence-electron chi connectivity index (χ0n) is 17.4. The van der Waals surface area contributed by atoms with Gasteiger partial charge < -0.3 is 24.0 Å². The van der Waals surface area contributed by atoms with Crippen LogP contribution in [0.2, 0.25) is 0 Å². The number of esters is 1. The number of piperazine rings is 1. The standard InChI is InChI=1S/C21H32N2O5/c1-5-26-19(24)11-8-16-27-18-10-7-6-9-17(18)22-12-14-23(15-13-22)20(25)28-21(2,3)4/h6-7,9-10H,5,8,11-16H2,1-4H3/i20+1. The van der Waals surface area contributed by atoms with E-state index >= 15 is 0 Å². The minimum absolute atomic E-state index is 0.197. The van der Waals surface area contributed by atoms with Crippen LogP contribution in [0, 0.1) is 0 Å². The van der Waals surface area contributed by atoms with Gasteiger partial charge in [0.25, 0.3) is 0 Å². The van der Waals surface area contributed by atoms with Gasteiger partial charge in [-0.05, 0) is 46.2 Å². The van der Waals surface area contributed by atoms with Gasteiger partial charge in [0.2, 0.25) is 0 Å². The van der Waals surface area contributed by atoms with Gasteiger partial charge >= 0.3 is 12.1 Å². The second-order valence-corrected chi connectivity index (χ2v) is 7.68. The van der Waals surface area contributed by atoms with E-state index in [4.69, 9.17) is 14.2 Å². The molecule has 0 radical (unpaired) electrons. The Bertz CT molecular complexity index is 648. The van der Waals surface area contributed by atoms with E-state index < -0.39 is 5.60 Å². The number of nitrogens with zero attached hydrogens (tertiary/aromatic N) is 2. The molecule has 0 spiro atoms. The van der Waals surface area contributed by atoms with Crippen molar-refractivity contribution in [3.05, 3.63) is 24.3 Å². The molecule has 0 aliphatic carbocycles. The number of ether oxygens (including phenoxy) is 3. The molecule has 0 unspecified atom stereocenters. The number of amides is 1. The van der Waals surface area contributed by atoms with Crippen LogP contribution in [0.3, 0.4) is 0 Å². The molecule has 0 saturated carbocycles.